The van der Waals surface area contributed by atoms with E-state index in [1.54, 1.807) is 4.90 Å². The maximum absolute atomic E-state index is 12.8. The summed E-state index contributed by atoms with van der Waals surface area (Å²) in [6.07, 6.45) is 2.56. The number of hydrogen-bond donors (Lipinski definition) is 0. The Hall–Kier alpha value is -3.43. The van der Waals surface area contributed by atoms with Crippen molar-refractivity contribution >= 4 is 22.7 Å². The summed E-state index contributed by atoms with van der Waals surface area (Å²) in [7, 11) is 2.15. The van der Waals surface area contributed by atoms with Gasteiger partial charge in [0.05, 0.1) is 18.4 Å². The summed E-state index contributed by atoms with van der Waals surface area (Å²) in [6, 6.07) is 13.7. The average Bonchev–Trinajstić information content (AvgIpc) is 3.38. The van der Waals surface area contributed by atoms with Gasteiger partial charge in [-0.15, -0.1) is 0 Å². The number of likely N-dealkylation sites (tertiary alicyclic amines) is 1. The van der Waals surface area contributed by atoms with E-state index in [0.29, 0.717) is 51.3 Å². The van der Waals surface area contributed by atoms with E-state index in [4.69, 9.17) is 24.2 Å². The smallest absolute Gasteiger partial charge is 0.410 e. The van der Waals surface area contributed by atoms with Crippen molar-refractivity contribution in [3.63, 3.8) is 0 Å². The van der Waals surface area contributed by atoms with Crippen LogP contribution in [0.5, 0.6) is 6.01 Å². The van der Waals surface area contributed by atoms with Crippen LogP contribution in [0.2, 0.25) is 0 Å². The van der Waals surface area contributed by atoms with Gasteiger partial charge < -0.3 is 28.9 Å². The number of ether oxygens (including phenoxy) is 3. The van der Waals surface area contributed by atoms with Crippen LogP contribution in [0.15, 0.2) is 36.4 Å². The fraction of sp³-hybridized carbons (Fsp3) is 0.559. The van der Waals surface area contributed by atoms with Gasteiger partial charge in [-0.1, -0.05) is 36.4 Å². The molecule has 3 atom stereocenters. The minimum absolute atomic E-state index is 0.0347. The number of aromatic nitrogens is 2. The van der Waals surface area contributed by atoms with Gasteiger partial charge in [-0.3, -0.25) is 0 Å². The summed E-state index contributed by atoms with van der Waals surface area (Å²) in [5.41, 5.74) is 3.89. The van der Waals surface area contributed by atoms with E-state index in [9.17, 15) is 4.79 Å². The lowest BCUT2D eigenvalue weighted by Crippen LogP contribution is -2.55. The van der Waals surface area contributed by atoms with E-state index in [1.165, 1.54) is 28.3 Å². The lowest BCUT2D eigenvalue weighted by atomic mass is 9.92. The fourth-order valence-corrected chi connectivity index (χ4v) is 6.69. The fourth-order valence-electron chi connectivity index (χ4n) is 6.69. The van der Waals surface area contributed by atoms with Crippen molar-refractivity contribution in [2.75, 3.05) is 44.7 Å². The van der Waals surface area contributed by atoms with Crippen molar-refractivity contribution in [1.82, 2.24) is 19.8 Å². The zero-order valence-electron chi connectivity index (χ0n) is 26.4. The summed E-state index contributed by atoms with van der Waals surface area (Å²) < 4.78 is 18.6. The number of anilines is 1. The number of fused-ring (bicyclic) bond motifs is 2. The van der Waals surface area contributed by atoms with Gasteiger partial charge in [-0.2, -0.15) is 9.97 Å². The highest BCUT2D eigenvalue weighted by atomic mass is 16.6. The standard InChI is InChI=1S/C34H45N5O4/c1-22-10-7-11-24-12-8-14-26(30(22)24)29-18-28-27(21-41-29)31(36-32(35-28)42-20-25-13-9-15-37(25)6)39-17-16-38(19-23(39)2)33(40)43-34(3,4)5/h7-8,10-12,14,23,25,29H,9,13,15-21H2,1-6H3/t23-,25-,29?/m0/s1. The Balaban J connectivity index is 1.30. The maximum atomic E-state index is 12.8. The zero-order chi connectivity index (χ0) is 30.3. The molecule has 3 aromatic rings. The Morgan fingerprint density at radius 2 is 1.88 bits per heavy atom. The first-order valence-corrected chi connectivity index (χ1v) is 15.6. The predicted molar refractivity (Wildman–Crippen MR) is 168 cm³/mol. The number of carbonyl (C=O) groups excluding carboxylic acids is 1. The molecule has 1 amide bonds. The second-order valence-electron chi connectivity index (χ2n) is 13.3. The number of carbonyl (C=O) groups is 1. The number of likely N-dealkylation sites (N-methyl/N-ethyl adjacent to an activating group) is 1. The van der Waals surface area contributed by atoms with Crippen LogP contribution in [0.1, 0.15) is 69.0 Å². The Labute approximate surface area is 255 Å². The van der Waals surface area contributed by atoms with Crippen LogP contribution in [0.3, 0.4) is 0 Å². The van der Waals surface area contributed by atoms with Gasteiger partial charge in [0.1, 0.15) is 18.0 Å². The molecule has 1 aromatic heterocycles. The van der Waals surface area contributed by atoms with Crippen LogP contribution in [-0.4, -0.2) is 83.4 Å². The second-order valence-corrected chi connectivity index (χ2v) is 13.3. The largest absolute Gasteiger partial charge is 0.462 e. The lowest BCUT2D eigenvalue weighted by Gasteiger charge is -2.42. The highest BCUT2D eigenvalue weighted by Gasteiger charge is 2.35. The molecular weight excluding hydrogens is 542 g/mol. The minimum atomic E-state index is -0.528. The van der Waals surface area contributed by atoms with Gasteiger partial charge in [0, 0.05) is 43.7 Å². The number of nitrogens with zero attached hydrogens (tertiary/aromatic N) is 5. The minimum Gasteiger partial charge on any atom is -0.462 e. The van der Waals surface area contributed by atoms with Gasteiger partial charge in [-0.05, 0) is 83.0 Å². The predicted octanol–water partition coefficient (Wildman–Crippen LogP) is 5.67. The first-order valence-electron chi connectivity index (χ1n) is 15.6. The first-order chi connectivity index (χ1) is 20.6. The highest BCUT2D eigenvalue weighted by molar-refractivity contribution is 5.89. The van der Waals surface area contributed by atoms with Crippen LogP contribution >= 0.6 is 0 Å². The molecule has 0 aliphatic carbocycles. The molecule has 0 radical (unpaired) electrons. The molecule has 0 bridgehead atoms. The van der Waals surface area contributed by atoms with E-state index in [0.717, 1.165) is 30.0 Å². The first kappa shape index (κ1) is 29.6. The van der Waals surface area contributed by atoms with Gasteiger partial charge in [0.25, 0.3) is 0 Å². The quantitative estimate of drug-likeness (QED) is 0.378. The van der Waals surface area contributed by atoms with Crippen molar-refractivity contribution < 1.29 is 19.0 Å². The van der Waals surface area contributed by atoms with Gasteiger partial charge in [-0.25, -0.2) is 4.79 Å². The lowest BCUT2D eigenvalue weighted by molar-refractivity contribution is 0.0209. The van der Waals surface area contributed by atoms with Gasteiger partial charge in [0.15, 0.2) is 0 Å². The Kier molecular flexibility index (Phi) is 8.22. The number of aryl methyl sites for hydroxylation is 1. The number of hydrogen-bond acceptors (Lipinski definition) is 8. The van der Waals surface area contributed by atoms with Crippen molar-refractivity contribution in [2.45, 2.75) is 84.3 Å². The zero-order valence-corrected chi connectivity index (χ0v) is 26.4. The molecule has 230 valence electrons. The molecule has 4 heterocycles. The highest BCUT2D eigenvalue weighted by Crippen LogP contribution is 2.39. The molecule has 9 nitrogen and oxygen atoms in total. The summed E-state index contributed by atoms with van der Waals surface area (Å²) in [5.74, 6) is 0.851. The normalized spacial score (nSPS) is 23.0. The van der Waals surface area contributed by atoms with E-state index in [-0.39, 0.29) is 18.2 Å². The van der Waals surface area contributed by atoms with Crippen LogP contribution in [0.4, 0.5) is 10.6 Å². The second kappa shape index (κ2) is 11.9. The van der Waals surface area contributed by atoms with Crippen molar-refractivity contribution in [1.29, 1.82) is 0 Å². The molecule has 0 spiro atoms. The summed E-state index contributed by atoms with van der Waals surface area (Å²) >= 11 is 0. The number of benzene rings is 2. The topological polar surface area (TPSA) is 80.3 Å². The molecular formula is C34H45N5O4. The van der Waals surface area contributed by atoms with Crippen molar-refractivity contribution in [3.8, 4) is 6.01 Å². The van der Waals surface area contributed by atoms with Crippen molar-refractivity contribution in [2.24, 2.45) is 0 Å². The third-order valence-corrected chi connectivity index (χ3v) is 8.98. The summed E-state index contributed by atoms with van der Waals surface area (Å²) in [5, 5.41) is 2.47. The molecule has 0 N–H and O–H groups in total. The summed E-state index contributed by atoms with van der Waals surface area (Å²) in [4.78, 5) is 29.3. The van der Waals surface area contributed by atoms with Crippen LogP contribution in [-0.2, 0) is 22.5 Å². The molecule has 2 aromatic carbocycles. The molecule has 9 heteroatoms. The third kappa shape index (κ3) is 6.29. The van der Waals surface area contributed by atoms with Crippen LogP contribution in [0.25, 0.3) is 10.8 Å². The van der Waals surface area contributed by atoms with E-state index < -0.39 is 5.60 Å². The maximum Gasteiger partial charge on any atom is 0.410 e. The van der Waals surface area contributed by atoms with Gasteiger partial charge in [0.2, 0.25) is 0 Å². The molecule has 43 heavy (non-hydrogen) atoms. The van der Waals surface area contributed by atoms with Crippen LogP contribution < -0.4 is 9.64 Å². The number of amides is 1. The third-order valence-electron chi connectivity index (χ3n) is 8.98. The van der Waals surface area contributed by atoms with Crippen LogP contribution in [0, 0.1) is 6.92 Å². The van der Waals surface area contributed by atoms with Gasteiger partial charge >= 0.3 is 12.1 Å². The SMILES string of the molecule is Cc1cccc2cccc(C3Cc4nc(OC[C@@H]5CCCN5C)nc(N5CCN(C(=O)OC(C)(C)C)C[C@@H]5C)c4CO3)c12. The Morgan fingerprint density at radius 3 is 2.60 bits per heavy atom. The summed E-state index contributed by atoms with van der Waals surface area (Å²) in [6.45, 7) is 13.8. The molecule has 2 fully saturated rings. The molecule has 3 aliphatic heterocycles. The molecule has 2 saturated heterocycles. The van der Waals surface area contributed by atoms with E-state index in [2.05, 4.69) is 67.1 Å². The van der Waals surface area contributed by atoms with E-state index >= 15 is 0 Å². The molecule has 1 unspecified atom stereocenters. The molecule has 3 aliphatic rings. The average molecular weight is 588 g/mol. The Morgan fingerprint density at radius 1 is 1.09 bits per heavy atom. The molecule has 0 saturated carbocycles. The molecule has 6 rings (SSSR count). The van der Waals surface area contributed by atoms with E-state index in [1.807, 2.05) is 20.8 Å². The number of piperazine rings is 1. The monoisotopic (exact) mass is 587 g/mol. The number of rotatable bonds is 5. The Bertz CT molecular complexity index is 1480. The van der Waals surface area contributed by atoms with Crippen molar-refractivity contribution in [3.05, 3.63) is 58.8 Å².